The summed E-state index contributed by atoms with van der Waals surface area (Å²) in [5.74, 6) is -0.692. The van der Waals surface area contributed by atoms with E-state index < -0.39 is 5.97 Å². The quantitative estimate of drug-likeness (QED) is 0.729. The summed E-state index contributed by atoms with van der Waals surface area (Å²) >= 11 is 0. The fourth-order valence-corrected chi connectivity index (χ4v) is 2.06. The van der Waals surface area contributed by atoms with Crippen LogP contribution < -0.4 is 11.1 Å². The van der Waals surface area contributed by atoms with E-state index in [2.05, 4.69) is 24.4 Å². The van der Waals surface area contributed by atoms with Crippen LogP contribution in [0.2, 0.25) is 0 Å². The highest BCUT2D eigenvalue weighted by atomic mass is 16.4. The number of benzene rings is 2. The van der Waals surface area contributed by atoms with E-state index in [4.69, 9.17) is 5.73 Å². The molecular formula is C16H18N2O2. The largest absolute Gasteiger partial charge is 0.478 e. The van der Waals surface area contributed by atoms with Crippen molar-refractivity contribution in [2.24, 2.45) is 0 Å². The van der Waals surface area contributed by atoms with Gasteiger partial charge in [0.15, 0.2) is 0 Å². The van der Waals surface area contributed by atoms with Crippen LogP contribution in [0, 0.1) is 0 Å². The van der Waals surface area contributed by atoms with Crippen LogP contribution >= 0.6 is 0 Å². The number of carboxylic acid groups (broad SMARTS) is 1. The molecule has 2 aromatic rings. The Bertz CT molecular complexity index is 597. The average molecular weight is 270 g/mol. The number of carboxylic acids is 1. The molecular weight excluding hydrogens is 252 g/mol. The minimum atomic E-state index is -0.979. The van der Waals surface area contributed by atoms with E-state index in [1.807, 2.05) is 18.2 Å². The van der Waals surface area contributed by atoms with Gasteiger partial charge in [0.25, 0.3) is 0 Å². The summed E-state index contributed by atoms with van der Waals surface area (Å²) in [5, 5.41) is 12.4. The zero-order valence-electron chi connectivity index (χ0n) is 11.3. The van der Waals surface area contributed by atoms with Gasteiger partial charge < -0.3 is 16.2 Å². The lowest BCUT2D eigenvalue weighted by molar-refractivity contribution is 0.0698. The van der Waals surface area contributed by atoms with E-state index in [0.717, 1.165) is 0 Å². The lowest BCUT2D eigenvalue weighted by atomic mass is 10.0. The predicted octanol–water partition coefficient (Wildman–Crippen LogP) is 3.18. The zero-order chi connectivity index (χ0) is 14.5. The second-order valence-electron chi connectivity index (χ2n) is 4.80. The molecule has 4 nitrogen and oxygen atoms in total. The highest BCUT2D eigenvalue weighted by Gasteiger charge is 2.11. The van der Waals surface area contributed by atoms with Gasteiger partial charge >= 0.3 is 5.97 Å². The Hall–Kier alpha value is -2.49. The van der Waals surface area contributed by atoms with Crippen LogP contribution in [0.1, 0.15) is 28.8 Å². The van der Waals surface area contributed by atoms with Crippen molar-refractivity contribution in [3.05, 3.63) is 59.7 Å². The first-order chi connectivity index (χ1) is 9.58. The van der Waals surface area contributed by atoms with Crippen molar-refractivity contribution in [1.82, 2.24) is 0 Å². The van der Waals surface area contributed by atoms with E-state index in [9.17, 15) is 9.90 Å². The smallest absolute Gasteiger partial charge is 0.337 e. The lowest BCUT2D eigenvalue weighted by Crippen LogP contribution is -2.13. The van der Waals surface area contributed by atoms with Crippen LogP contribution in [0.5, 0.6) is 0 Å². The van der Waals surface area contributed by atoms with Gasteiger partial charge in [-0.05, 0) is 29.7 Å². The molecule has 0 bridgehead atoms. The van der Waals surface area contributed by atoms with Crippen molar-refractivity contribution >= 4 is 17.3 Å². The summed E-state index contributed by atoms with van der Waals surface area (Å²) in [5.41, 5.74) is 8.08. The first kappa shape index (κ1) is 13.9. The third-order valence-corrected chi connectivity index (χ3v) is 3.24. The fourth-order valence-electron chi connectivity index (χ4n) is 2.06. The molecule has 0 radical (unpaired) electrons. The number of rotatable bonds is 5. The molecule has 0 spiro atoms. The molecule has 0 heterocycles. The van der Waals surface area contributed by atoms with E-state index >= 15 is 0 Å². The predicted molar refractivity (Wildman–Crippen MR) is 81.2 cm³/mol. The Balaban J connectivity index is 2.09. The molecule has 0 aromatic heterocycles. The monoisotopic (exact) mass is 270 g/mol. The molecule has 20 heavy (non-hydrogen) atoms. The van der Waals surface area contributed by atoms with Gasteiger partial charge in [0.2, 0.25) is 0 Å². The normalized spacial score (nSPS) is 11.8. The maximum Gasteiger partial charge on any atom is 0.337 e. The Morgan fingerprint density at radius 1 is 1.25 bits per heavy atom. The van der Waals surface area contributed by atoms with Crippen molar-refractivity contribution in [1.29, 1.82) is 0 Å². The van der Waals surface area contributed by atoms with Crippen LogP contribution in [0.25, 0.3) is 0 Å². The van der Waals surface area contributed by atoms with Gasteiger partial charge in [-0.25, -0.2) is 4.79 Å². The molecule has 2 aromatic carbocycles. The lowest BCUT2D eigenvalue weighted by Gasteiger charge is -2.15. The van der Waals surface area contributed by atoms with E-state index in [1.54, 1.807) is 12.1 Å². The van der Waals surface area contributed by atoms with Gasteiger partial charge in [-0.2, -0.15) is 0 Å². The number of carbonyl (C=O) groups is 1. The minimum absolute atomic E-state index is 0.199. The summed E-state index contributed by atoms with van der Waals surface area (Å²) in [6.45, 7) is 2.76. The summed E-state index contributed by atoms with van der Waals surface area (Å²) in [6, 6.07) is 15.0. The van der Waals surface area contributed by atoms with E-state index in [-0.39, 0.29) is 11.5 Å². The summed E-state index contributed by atoms with van der Waals surface area (Å²) in [7, 11) is 0. The molecule has 0 aliphatic heterocycles. The number of hydrogen-bond donors (Lipinski definition) is 3. The number of hydrogen-bond acceptors (Lipinski definition) is 3. The highest BCUT2D eigenvalue weighted by Crippen LogP contribution is 2.21. The first-order valence-electron chi connectivity index (χ1n) is 6.49. The Kier molecular flexibility index (Phi) is 4.25. The van der Waals surface area contributed by atoms with E-state index in [1.165, 1.54) is 11.6 Å². The number of nitrogens with one attached hydrogen (secondary N) is 1. The third kappa shape index (κ3) is 3.29. The van der Waals surface area contributed by atoms with Crippen LogP contribution in [-0.2, 0) is 0 Å². The molecule has 2 rings (SSSR count). The minimum Gasteiger partial charge on any atom is -0.478 e. The maximum atomic E-state index is 11.2. The molecule has 1 unspecified atom stereocenters. The van der Waals surface area contributed by atoms with Crippen LogP contribution in [0.15, 0.2) is 48.5 Å². The van der Waals surface area contributed by atoms with E-state index in [0.29, 0.717) is 17.9 Å². The number of nitrogens with two attached hydrogens (primary N) is 1. The van der Waals surface area contributed by atoms with Crippen LogP contribution in [-0.4, -0.2) is 17.6 Å². The molecule has 104 valence electrons. The maximum absolute atomic E-state index is 11.2. The van der Waals surface area contributed by atoms with Crippen molar-refractivity contribution in [3.63, 3.8) is 0 Å². The first-order valence-corrected chi connectivity index (χ1v) is 6.49. The SMILES string of the molecule is CC(CNc1ccc(N)cc1C(=O)O)c1ccccc1. The molecule has 4 N–H and O–H groups in total. The summed E-state index contributed by atoms with van der Waals surface area (Å²) in [4.78, 5) is 11.2. The van der Waals surface area contributed by atoms with Gasteiger partial charge in [-0.3, -0.25) is 0 Å². The molecule has 0 saturated heterocycles. The fraction of sp³-hybridized carbons (Fsp3) is 0.188. The van der Waals surface area contributed by atoms with Gasteiger partial charge in [0.05, 0.1) is 5.56 Å². The molecule has 4 heteroatoms. The Morgan fingerprint density at radius 3 is 2.60 bits per heavy atom. The van der Waals surface area contributed by atoms with Gasteiger partial charge in [-0.1, -0.05) is 37.3 Å². The standard InChI is InChI=1S/C16H18N2O2/c1-11(12-5-3-2-4-6-12)10-18-15-8-7-13(17)9-14(15)16(19)20/h2-9,11,18H,10,17H2,1H3,(H,19,20). The second-order valence-corrected chi connectivity index (χ2v) is 4.80. The van der Waals surface area contributed by atoms with Crippen molar-refractivity contribution in [2.75, 3.05) is 17.6 Å². The molecule has 0 amide bonds. The average Bonchev–Trinajstić information content (AvgIpc) is 2.46. The third-order valence-electron chi connectivity index (χ3n) is 3.24. The molecule has 0 fully saturated rings. The van der Waals surface area contributed by atoms with Gasteiger partial charge in [0, 0.05) is 17.9 Å². The topological polar surface area (TPSA) is 75.3 Å². The Labute approximate surface area is 118 Å². The van der Waals surface area contributed by atoms with Gasteiger partial charge in [-0.15, -0.1) is 0 Å². The van der Waals surface area contributed by atoms with Crippen LogP contribution in [0.3, 0.4) is 0 Å². The molecule has 1 atom stereocenters. The summed E-state index contributed by atoms with van der Waals surface area (Å²) < 4.78 is 0. The molecule has 0 aliphatic carbocycles. The number of nitrogen functional groups attached to an aromatic ring is 1. The van der Waals surface area contributed by atoms with Crippen molar-refractivity contribution in [3.8, 4) is 0 Å². The van der Waals surface area contributed by atoms with Crippen molar-refractivity contribution in [2.45, 2.75) is 12.8 Å². The molecule has 0 aliphatic rings. The van der Waals surface area contributed by atoms with Gasteiger partial charge in [0.1, 0.15) is 0 Å². The van der Waals surface area contributed by atoms with Crippen molar-refractivity contribution < 1.29 is 9.90 Å². The summed E-state index contributed by atoms with van der Waals surface area (Å²) in [6.07, 6.45) is 0. The zero-order valence-corrected chi connectivity index (χ0v) is 11.3. The van der Waals surface area contributed by atoms with Crippen LogP contribution in [0.4, 0.5) is 11.4 Å². The highest BCUT2D eigenvalue weighted by molar-refractivity contribution is 5.95. The number of anilines is 2. The second kappa shape index (κ2) is 6.10. The number of aromatic carboxylic acids is 1. The Morgan fingerprint density at radius 2 is 1.95 bits per heavy atom. The molecule has 0 saturated carbocycles.